The molecule has 0 radical (unpaired) electrons. The summed E-state index contributed by atoms with van der Waals surface area (Å²) in [5.74, 6) is 0.647. The number of aryl methyl sites for hydroxylation is 2. The molecule has 5 nitrogen and oxygen atoms in total. The molecule has 1 aromatic carbocycles. The molecular weight excluding hydrogens is 331 g/mol. The Balaban J connectivity index is 1.83. The normalized spacial score (nSPS) is 22.5. The topological polar surface area (TPSA) is 58.1 Å². The molecule has 6 heteroatoms. The largest absolute Gasteiger partial charge is 0.299 e. The average molecular weight is 352 g/mol. The molecule has 0 amide bonds. The van der Waals surface area contributed by atoms with Gasteiger partial charge in [-0.2, -0.15) is 0 Å². The zero-order valence-electron chi connectivity index (χ0n) is 15.1. The first-order valence-corrected chi connectivity index (χ1v) is 8.82. The van der Waals surface area contributed by atoms with E-state index in [4.69, 9.17) is 0 Å². The standard InChI is InChI=1S/C20H21FN4O/c1-11-8-16-18(17(26)9-11)19(14-4-6-15(21)7-5-14)25(24-16)20-22-12(2)10-13(3)23-20/h4-7,10-11,19,24H,8-9H2,1-3H3/t11-,19-/m0/s1. The highest BCUT2D eigenvalue weighted by Crippen LogP contribution is 2.42. The number of rotatable bonds is 2. The number of Topliss-reactive ketones (excluding diaryl/α,β-unsaturated/α-hetero) is 1. The molecule has 4 rings (SSSR count). The minimum Gasteiger partial charge on any atom is -0.299 e. The Hall–Kier alpha value is -2.76. The molecule has 2 heterocycles. The molecule has 0 unspecified atom stereocenters. The van der Waals surface area contributed by atoms with E-state index in [-0.39, 0.29) is 17.6 Å². The number of anilines is 1. The van der Waals surface area contributed by atoms with Gasteiger partial charge in [-0.25, -0.2) is 19.4 Å². The van der Waals surface area contributed by atoms with Crippen LogP contribution < -0.4 is 10.4 Å². The van der Waals surface area contributed by atoms with Crippen LogP contribution in [0.15, 0.2) is 41.6 Å². The van der Waals surface area contributed by atoms with Crippen LogP contribution >= 0.6 is 0 Å². The number of nitrogens with zero attached hydrogens (tertiary/aromatic N) is 3. The minimum atomic E-state index is -0.355. The summed E-state index contributed by atoms with van der Waals surface area (Å²) in [5, 5.41) is 1.84. The van der Waals surface area contributed by atoms with Crippen molar-refractivity contribution in [1.82, 2.24) is 15.4 Å². The molecule has 0 spiro atoms. The van der Waals surface area contributed by atoms with Gasteiger partial charge in [-0.05, 0) is 49.9 Å². The monoisotopic (exact) mass is 352 g/mol. The highest BCUT2D eigenvalue weighted by atomic mass is 19.1. The predicted octanol–water partition coefficient (Wildman–Crippen LogP) is 3.55. The summed E-state index contributed by atoms with van der Waals surface area (Å²) in [4.78, 5) is 21.9. The fourth-order valence-corrected chi connectivity index (χ4v) is 3.83. The Morgan fingerprint density at radius 1 is 1.12 bits per heavy atom. The lowest BCUT2D eigenvalue weighted by molar-refractivity contribution is -0.117. The van der Waals surface area contributed by atoms with Crippen LogP contribution in [-0.4, -0.2) is 15.8 Å². The fourth-order valence-electron chi connectivity index (χ4n) is 3.83. The van der Waals surface area contributed by atoms with Crippen LogP contribution in [0.5, 0.6) is 0 Å². The number of allylic oxidation sites excluding steroid dienone is 1. The van der Waals surface area contributed by atoms with Crippen molar-refractivity contribution in [1.29, 1.82) is 0 Å². The van der Waals surface area contributed by atoms with Gasteiger partial charge >= 0.3 is 0 Å². The van der Waals surface area contributed by atoms with E-state index < -0.39 is 0 Å². The van der Waals surface area contributed by atoms with Crippen LogP contribution in [0.2, 0.25) is 0 Å². The van der Waals surface area contributed by atoms with Crippen molar-refractivity contribution in [2.24, 2.45) is 5.92 Å². The molecule has 1 aromatic heterocycles. The van der Waals surface area contributed by atoms with Crippen LogP contribution in [0, 0.1) is 25.6 Å². The van der Waals surface area contributed by atoms with E-state index in [1.807, 2.05) is 24.9 Å². The highest BCUT2D eigenvalue weighted by Gasteiger charge is 2.42. The lowest BCUT2D eigenvalue weighted by Gasteiger charge is -2.27. The third-order valence-electron chi connectivity index (χ3n) is 4.87. The van der Waals surface area contributed by atoms with Crippen LogP contribution in [0.3, 0.4) is 0 Å². The van der Waals surface area contributed by atoms with Gasteiger partial charge in [0.05, 0.1) is 0 Å². The van der Waals surface area contributed by atoms with Gasteiger partial charge in [-0.1, -0.05) is 19.1 Å². The van der Waals surface area contributed by atoms with Gasteiger partial charge in [0.2, 0.25) is 5.95 Å². The Kier molecular flexibility index (Phi) is 3.98. The average Bonchev–Trinajstić information content (AvgIpc) is 2.94. The third-order valence-corrected chi connectivity index (χ3v) is 4.87. The summed E-state index contributed by atoms with van der Waals surface area (Å²) in [5.41, 5.74) is 7.59. The van der Waals surface area contributed by atoms with Crippen LogP contribution in [-0.2, 0) is 4.79 Å². The van der Waals surface area contributed by atoms with Gasteiger partial charge in [0.25, 0.3) is 0 Å². The molecule has 1 aliphatic carbocycles. The van der Waals surface area contributed by atoms with E-state index in [1.165, 1.54) is 12.1 Å². The van der Waals surface area contributed by atoms with Crippen molar-refractivity contribution < 1.29 is 9.18 Å². The van der Waals surface area contributed by atoms with Crippen molar-refractivity contribution >= 4 is 11.7 Å². The Labute approximate surface area is 151 Å². The summed E-state index contributed by atoms with van der Waals surface area (Å²) in [6.07, 6.45) is 1.33. The zero-order chi connectivity index (χ0) is 18.4. The first kappa shape index (κ1) is 16.7. The van der Waals surface area contributed by atoms with Crippen LogP contribution in [0.4, 0.5) is 10.3 Å². The number of aromatic nitrogens is 2. The third kappa shape index (κ3) is 2.85. The van der Waals surface area contributed by atoms with Crippen LogP contribution in [0.1, 0.15) is 42.8 Å². The summed E-state index contributed by atoms with van der Waals surface area (Å²) < 4.78 is 13.4. The number of hydrogen-bond donors (Lipinski definition) is 1. The smallest absolute Gasteiger partial charge is 0.245 e. The molecule has 0 saturated heterocycles. The molecule has 0 fully saturated rings. The zero-order valence-corrected chi connectivity index (χ0v) is 15.1. The van der Waals surface area contributed by atoms with Crippen molar-refractivity contribution in [3.05, 3.63) is 64.4 Å². The number of nitrogens with one attached hydrogen (secondary N) is 1. The molecular formula is C20H21FN4O. The highest BCUT2D eigenvalue weighted by molar-refractivity contribution is 5.99. The van der Waals surface area contributed by atoms with Crippen molar-refractivity contribution in [2.75, 3.05) is 5.01 Å². The van der Waals surface area contributed by atoms with Crippen molar-refractivity contribution in [2.45, 2.75) is 39.7 Å². The summed E-state index contributed by atoms with van der Waals surface area (Å²) in [6, 6.07) is 7.84. The number of ketones is 1. The Bertz CT molecular complexity index is 886. The van der Waals surface area contributed by atoms with Crippen molar-refractivity contribution in [3.63, 3.8) is 0 Å². The van der Waals surface area contributed by atoms with Gasteiger partial charge in [0.15, 0.2) is 5.78 Å². The summed E-state index contributed by atoms with van der Waals surface area (Å²) in [7, 11) is 0. The SMILES string of the molecule is Cc1cc(C)nc(N2NC3=C(C(=O)C[C@@H](C)C3)[C@@H]2c2ccc(F)cc2)n1. The maximum Gasteiger partial charge on any atom is 0.245 e. The molecule has 1 aliphatic heterocycles. The van der Waals surface area contributed by atoms with E-state index in [9.17, 15) is 9.18 Å². The molecule has 0 bridgehead atoms. The number of halogens is 1. The number of benzene rings is 1. The lowest BCUT2D eigenvalue weighted by Crippen LogP contribution is -2.36. The lowest BCUT2D eigenvalue weighted by atomic mass is 9.83. The van der Waals surface area contributed by atoms with Crippen LogP contribution in [0.25, 0.3) is 0 Å². The second-order valence-corrected chi connectivity index (χ2v) is 7.22. The van der Waals surface area contributed by atoms with Gasteiger partial charge < -0.3 is 0 Å². The summed E-state index contributed by atoms with van der Waals surface area (Å²) >= 11 is 0. The van der Waals surface area contributed by atoms with Crippen molar-refractivity contribution in [3.8, 4) is 0 Å². The van der Waals surface area contributed by atoms with E-state index in [1.54, 1.807) is 12.1 Å². The summed E-state index contributed by atoms with van der Waals surface area (Å²) in [6.45, 7) is 5.91. The first-order chi connectivity index (χ1) is 12.4. The molecule has 2 aliphatic rings. The number of carbonyl (C=O) groups is 1. The molecule has 2 atom stereocenters. The predicted molar refractivity (Wildman–Crippen MR) is 96.7 cm³/mol. The van der Waals surface area contributed by atoms with E-state index in [0.29, 0.717) is 18.3 Å². The Morgan fingerprint density at radius 3 is 2.42 bits per heavy atom. The molecule has 1 N–H and O–H groups in total. The number of hydrazine groups is 1. The molecule has 2 aromatic rings. The van der Waals surface area contributed by atoms with E-state index in [0.717, 1.165) is 34.6 Å². The number of carbonyl (C=O) groups excluding carboxylic acids is 1. The van der Waals surface area contributed by atoms with E-state index >= 15 is 0 Å². The fraction of sp³-hybridized carbons (Fsp3) is 0.350. The second kappa shape index (κ2) is 6.20. The quantitative estimate of drug-likeness (QED) is 0.896. The number of hydrogen-bond acceptors (Lipinski definition) is 5. The Morgan fingerprint density at radius 2 is 1.77 bits per heavy atom. The van der Waals surface area contributed by atoms with Gasteiger partial charge in [-0.3, -0.25) is 10.2 Å². The maximum atomic E-state index is 13.4. The van der Waals surface area contributed by atoms with Gasteiger partial charge in [0.1, 0.15) is 11.9 Å². The molecule has 0 saturated carbocycles. The minimum absolute atomic E-state index is 0.132. The molecule has 26 heavy (non-hydrogen) atoms. The first-order valence-electron chi connectivity index (χ1n) is 8.82. The second-order valence-electron chi connectivity index (χ2n) is 7.22. The molecule has 134 valence electrons. The maximum absolute atomic E-state index is 13.4. The van der Waals surface area contributed by atoms with Gasteiger partial charge in [-0.15, -0.1) is 0 Å². The van der Waals surface area contributed by atoms with E-state index in [2.05, 4.69) is 22.3 Å². The van der Waals surface area contributed by atoms with Gasteiger partial charge in [0, 0.05) is 29.1 Å².